The lowest BCUT2D eigenvalue weighted by Gasteiger charge is -2.04. The molecular formula is C19H18N2OS2. The Bertz CT molecular complexity index is 798. The third kappa shape index (κ3) is 4.69. The fourth-order valence-electron chi connectivity index (χ4n) is 2.16. The molecular weight excluding hydrogens is 336 g/mol. The van der Waals surface area contributed by atoms with Crippen LogP contribution in [-0.2, 0) is 11.3 Å². The summed E-state index contributed by atoms with van der Waals surface area (Å²) in [5.41, 5.74) is 4.41. The summed E-state index contributed by atoms with van der Waals surface area (Å²) in [5, 5.41) is 4.97. The second kappa shape index (κ2) is 8.13. The number of benzene rings is 2. The first-order valence-electron chi connectivity index (χ1n) is 7.67. The standard InChI is InChI=1S/C19H18N2OS2/c1-14-7-9-16(10-8-14)17-12-23-19(21-17)24-13-18(22)20-11-15-5-3-2-4-6-15/h2-10,12H,11,13H2,1H3,(H,20,22). The molecule has 122 valence electrons. The van der Waals surface area contributed by atoms with Crippen LogP contribution in [0.3, 0.4) is 0 Å². The van der Waals surface area contributed by atoms with E-state index in [1.54, 1.807) is 11.3 Å². The summed E-state index contributed by atoms with van der Waals surface area (Å²) in [5.74, 6) is 0.407. The van der Waals surface area contributed by atoms with E-state index in [-0.39, 0.29) is 5.91 Å². The summed E-state index contributed by atoms with van der Waals surface area (Å²) in [4.78, 5) is 16.6. The molecule has 0 unspecified atom stereocenters. The molecule has 1 heterocycles. The predicted molar refractivity (Wildman–Crippen MR) is 101 cm³/mol. The lowest BCUT2D eigenvalue weighted by molar-refractivity contribution is -0.118. The molecule has 0 saturated heterocycles. The number of thioether (sulfide) groups is 1. The van der Waals surface area contributed by atoms with Crippen LogP contribution in [0.15, 0.2) is 64.3 Å². The molecule has 1 N–H and O–H groups in total. The van der Waals surface area contributed by atoms with E-state index in [9.17, 15) is 4.79 Å². The van der Waals surface area contributed by atoms with E-state index < -0.39 is 0 Å². The van der Waals surface area contributed by atoms with Crippen LogP contribution in [0.2, 0.25) is 0 Å². The van der Waals surface area contributed by atoms with Crippen LogP contribution in [0.4, 0.5) is 0 Å². The van der Waals surface area contributed by atoms with Crippen molar-refractivity contribution >= 4 is 29.0 Å². The van der Waals surface area contributed by atoms with Gasteiger partial charge in [0.1, 0.15) is 0 Å². The molecule has 0 aliphatic heterocycles. The van der Waals surface area contributed by atoms with Crippen LogP contribution in [-0.4, -0.2) is 16.6 Å². The third-order valence-corrected chi connectivity index (χ3v) is 5.51. The first-order chi connectivity index (χ1) is 11.7. The largest absolute Gasteiger partial charge is 0.351 e. The third-order valence-electron chi connectivity index (χ3n) is 3.49. The van der Waals surface area contributed by atoms with Gasteiger partial charge in [-0.05, 0) is 12.5 Å². The summed E-state index contributed by atoms with van der Waals surface area (Å²) in [6, 6.07) is 18.2. The molecule has 0 atom stereocenters. The molecule has 1 aromatic heterocycles. The number of carbonyl (C=O) groups is 1. The minimum absolute atomic E-state index is 0.0240. The molecule has 0 aliphatic carbocycles. The van der Waals surface area contributed by atoms with Crippen LogP contribution >= 0.6 is 23.1 Å². The van der Waals surface area contributed by atoms with E-state index in [1.807, 2.05) is 35.7 Å². The molecule has 3 aromatic rings. The highest BCUT2D eigenvalue weighted by Gasteiger charge is 2.08. The maximum atomic E-state index is 11.9. The molecule has 0 saturated carbocycles. The van der Waals surface area contributed by atoms with Gasteiger partial charge in [-0.25, -0.2) is 4.98 Å². The zero-order valence-electron chi connectivity index (χ0n) is 13.4. The topological polar surface area (TPSA) is 42.0 Å². The monoisotopic (exact) mass is 354 g/mol. The highest BCUT2D eigenvalue weighted by atomic mass is 32.2. The molecule has 0 aliphatic rings. The van der Waals surface area contributed by atoms with Crippen molar-refractivity contribution in [3.05, 3.63) is 71.1 Å². The maximum Gasteiger partial charge on any atom is 0.230 e. The van der Waals surface area contributed by atoms with Crippen molar-refractivity contribution in [2.45, 2.75) is 17.8 Å². The number of hydrogen-bond donors (Lipinski definition) is 1. The van der Waals surface area contributed by atoms with Crippen molar-refractivity contribution in [2.75, 3.05) is 5.75 Å². The minimum atomic E-state index is 0.0240. The van der Waals surface area contributed by atoms with Gasteiger partial charge in [-0.3, -0.25) is 4.79 Å². The highest BCUT2D eigenvalue weighted by Crippen LogP contribution is 2.28. The number of nitrogens with zero attached hydrogens (tertiary/aromatic N) is 1. The molecule has 24 heavy (non-hydrogen) atoms. The number of nitrogens with one attached hydrogen (secondary N) is 1. The zero-order chi connectivity index (χ0) is 16.8. The van der Waals surface area contributed by atoms with Gasteiger partial charge in [0.2, 0.25) is 5.91 Å². The average Bonchev–Trinajstić information content (AvgIpc) is 3.09. The molecule has 0 fully saturated rings. The lowest BCUT2D eigenvalue weighted by atomic mass is 10.1. The van der Waals surface area contributed by atoms with Gasteiger partial charge in [-0.2, -0.15) is 0 Å². The van der Waals surface area contributed by atoms with Crippen LogP contribution in [0.5, 0.6) is 0 Å². The Labute approximate surface area is 150 Å². The fourth-order valence-corrected chi connectivity index (χ4v) is 3.82. The van der Waals surface area contributed by atoms with Gasteiger partial charge in [0.25, 0.3) is 0 Å². The van der Waals surface area contributed by atoms with Gasteiger partial charge in [0, 0.05) is 17.5 Å². The Morgan fingerprint density at radius 3 is 2.62 bits per heavy atom. The second-order valence-electron chi connectivity index (χ2n) is 5.42. The number of carbonyl (C=O) groups excluding carboxylic acids is 1. The maximum absolute atomic E-state index is 11.9. The van der Waals surface area contributed by atoms with E-state index in [0.717, 1.165) is 21.2 Å². The van der Waals surface area contributed by atoms with Gasteiger partial charge in [-0.15, -0.1) is 11.3 Å². The van der Waals surface area contributed by atoms with Crippen LogP contribution < -0.4 is 5.32 Å². The molecule has 1 amide bonds. The first-order valence-corrected chi connectivity index (χ1v) is 9.53. The van der Waals surface area contributed by atoms with Gasteiger partial charge in [0.15, 0.2) is 4.34 Å². The van der Waals surface area contributed by atoms with Gasteiger partial charge in [-0.1, -0.05) is 71.9 Å². The summed E-state index contributed by atoms with van der Waals surface area (Å²) < 4.78 is 0.917. The minimum Gasteiger partial charge on any atom is -0.351 e. The lowest BCUT2D eigenvalue weighted by Crippen LogP contribution is -2.24. The SMILES string of the molecule is Cc1ccc(-c2csc(SCC(=O)NCc3ccccc3)n2)cc1. The smallest absolute Gasteiger partial charge is 0.230 e. The van der Waals surface area contributed by atoms with Gasteiger partial charge < -0.3 is 5.32 Å². The molecule has 0 radical (unpaired) electrons. The molecule has 2 aromatic carbocycles. The summed E-state index contributed by atoms with van der Waals surface area (Å²) >= 11 is 3.05. The van der Waals surface area contributed by atoms with Crippen molar-refractivity contribution < 1.29 is 4.79 Å². The number of aromatic nitrogens is 1. The first kappa shape index (κ1) is 16.7. The summed E-state index contributed by atoms with van der Waals surface area (Å²) in [7, 11) is 0. The summed E-state index contributed by atoms with van der Waals surface area (Å²) in [6.07, 6.45) is 0. The normalized spacial score (nSPS) is 10.5. The van der Waals surface area contributed by atoms with E-state index in [0.29, 0.717) is 12.3 Å². The van der Waals surface area contributed by atoms with Crippen LogP contribution in [0.1, 0.15) is 11.1 Å². The second-order valence-corrected chi connectivity index (χ2v) is 7.50. The Morgan fingerprint density at radius 1 is 1.12 bits per heavy atom. The Morgan fingerprint density at radius 2 is 1.88 bits per heavy atom. The molecule has 0 bridgehead atoms. The van der Waals surface area contributed by atoms with Crippen molar-refractivity contribution in [2.24, 2.45) is 0 Å². The van der Waals surface area contributed by atoms with Crippen molar-refractivity contribution in [3.63, 3.8) is 0 Å². The number of thiazole rings is 1. The fraction of sp³-hybridized carbons (Fsp3) is 0.158. The zero-order valence-corrected chi connectivity index (χ0v) is 15.0. The van der Waals surface area contributed by atoms with E-state index in [2.05, 4.69) is 41.5 Å². The number of rotatable bonds is 6. The molecule has 5 heteroatoms. The Hall–Kier alpha value is -2.11. The molecule has 3 nitrogen and oxygen atoms in total. The van der Waals surface area contributed by atoms with E-state index in [1.165, 1.54) is 17.3 Å². The van der Waals surface area contributed by atoms with Crippen molar-refractivity contribution in [1.29, 1.82) is 0 Å². The van der Waals surface area contributed by atoms with Gasteiger partial charge >= 0.3 is 0 Å². The average molecular weight is 354 g/mol. The van der Waals surface area contributed by atoms with Crippen molar-refractivity contribution in [3.8, 4) is 11.3 Å². The molecule has 0 spiro atoms. The quantitative estimate of drug-likeness (QED) is 0.662. The van der Waals surface area contributed by atoms with Crippen LogP contribution in [0, 0.1) is 6.92 Å². The Balaban J connectivity index is 1.50. The van der Waals surface area contributed by atoms with E-state index in [4.69, 9.17) is 0 Å². The number of amides is 1. The van der Waals surface area contributed by atoms with Crippen LogP contribution in [0.25, 0.3) is 11.3 Å². The van der Waals surface area contributed by atoms with Crippen molar-refractivity contribution in [1.82, 2.24) is 10.3 Å². The Kier molecular flexibility index (Phi) is 5.67. The van der Waals surface area contributed by atoms with Gasteiger partial charge in [0.05, 0.1) is 11.4 Å². The summed E-state index contributed by atoms with van der Waals surface area (Å²) in [6.45, 7) is 2.63. The number of hydrogen-bond acceptors (Lipinski definition) is 4. The number of aryl methyl sites for hydroxylation is 1. The van der Waals surface area contributed by atoms with E-state index >= 15 is 0 Å². The highest BCUT2D eigenvalue weighted by molar-refractivity contribution is 8.01. The predicted octanol–water partition coefficient (Wildman–Crippen LogP) is 4.53. The molecule has 3 rings (SSSR count).